The van der Waals surface area contributed by atoms with Gasteiger partial charge in [-0.05, 0) is 25.5 Å². The third kappa shape index (κ3) is 2.29. The van der Waals surface area contributed by atoms with Crippen LogP contribution in [0.15, 0.2) is 23.1 Å². The summed E-state index contributed by atoms with van der Waals surface area (Å²) >= 11 is 0. The van der Waals surface area contributed by atoms with E-state index >= 15 is 0 Å². The largest absolute Gasteiger partial charge is 0.481 e. The lowest BCUT2D eigenvalue weighted by Gasteiger charge is -2.20. The van der Waals surface area contributed by atoms with E-state index < -0.39 is 37.9 Å². The zero-order chi connectivity index (χ0) is 15.1. The van der Waals surface area contributed by atoms with Crippen molar-refractivity contribution in [1.29, 1.82) is 0 Å². The normalized spacial score (nSPS) is 23.9. The summed E-state index contributed by atoms with van der Waals surface area (Å²) in [5.74, 6) is -3.51. The molecule has 1 heterocycles. The lowest BCUT2D eigenvalue weighted by atomic mass is 9.90. The number of aliphatic carboxylic acids is 1. The van der Waals surface area contributed by atoms with Crippen molar-refractivity contribution in [3.8, 4) is 0 Å². The first-order chi connectivity index (χ1) is 9.18. The predicted molar refractivity (Wildman–Crippen MR) is 65.5 cm³/mol. The van der Waals surface area contributed by atoms with E-state index in [2.05, 4.69) is 0 Å². The molecule has 20 heavy (non-hydrogen) atoms. The minimum absolute atomic E-state index is 0.0844. The number of carbonyl (C=O) groups is 1. The van der Waals surface area contributed by atoms with Gasteiger partial charge in [0.2, 0.25) is 10.0 Å². The van der Waals surface area contributed by atoms with Crippen molar-refractivity contribution < 1.29 is 27.1 Å². The van der Waals surface area contributed by atoms with Gasteiger partial charge >= 0.3 is 5.97 Å². The molecule has 1 fully saturated rings. The van der Waals surface area contributed by atoms with Crippen molar-refractivity contribution in [2.75, 3.05) is 13.1 Å². The Labute approximate surface area is 114 Å². The maximum Gasteiger partial charge on any atom is 0.310 e. The van der Waals surface area contributed by atoms with Gasteiger partial charge in [-0.3, -0.25) is 4.79 Å². The molecular formula is C12H13F2NO4S. The minimum Gasteiger partial charge on any atom is -0.481 e. The SMILES string of the molecule is CC1(C(=O)O)CCN(S(=O)(=O)c2c(F)cccc2F)C1. The molecule has 0 bridgehead atoms. The second kappa shape index (κ2) is 4.78. The summed E-state index contributed by atoms with van der Waals surface area (Å²) in [6.07, 6.45) is 0.0949. The van der Waals surface area contributed by atoms with E-state index in [1.807, 2.05) is 0 Å². The molecule has 0 amide bonds. The smallest absolute Gasteiger partial charge is 0.310 e. The molecule has 0 saturated carbocycles. The molecule has 1 N–H and O–H groups in total. The summed E-state index contributed by atoms with van der Waals surface area (Å²) in [6, 6.07) is 2.76. The number of carboxylic acids is 1. The van der Waals surface area contributed by atoms with Gasteiger partial charge in [-0.15, -0.1) is 0 Å². The van der Waals surface area contributed by atoms with Gasteiger partial charge in [-0.2, -0.15) is 4.31 Å². The first-order valence-electron chi connectivity index (χ1n) is 5.86. The van der Waals surface area contributed by atoms with Crippen molar-refractivity contribution in [2.24, 2.45) is 5.41 Å². The van der Waals surface area contributed by atoms with Crippen LogP contribution in [0, 0.1) is 17.0 Å². The Morgan fingerprint density at radius 3 is 2.35 bits per heavy atom. The van der Waals surface area contributed by atoms with Crippen LogP contribution in [0.4, 0.5) is 8.78 Å². The van der Waals surface area contributed by atoms with Gasteiger partial charge in [-0.25, -0.2) is 17.2 Å². The summed E-state index contributed by atoms with van der Waals surface area (Å²) in [7, 11) is -4.38. The quantitative estimate of drug-likeness (QED) is 0.917. The molecular weight excluding hydrogens is 292 g/mol. The van der Waals surface area contributed by atoms with Crippen LogP contribution >= 0.6 is 0 Å². The van der Waals surface area contributed by atoms with E-state index in [1.165, 1.54) is 6.92 Å². The molecule has 0 spiro atoms. The molecule has 1 aliphatic rings. The molecule has 0 aromatic heterocycles. The van der Waals surface area contributed by atoms with Crippen LogP contribution in [0.25, 0.3) is 0 Å². The Morgan fingerprint density at radius 2 is 1.90 bits per heavy atom. The zero-order valence-electron chi connectivity index (χ0n) is 10.6. The summed E-state index contributed by atoms with van der Waals surface area (Å²) < 4.78 is 52.5. The van der Waals surface area contributed by atoms with Crippen molar-refractivity contribution in [3.63, 3.8) is 0 Å². The van der Waals surface area contributed by atoms with E-state index in [0.717, 1.165) is 22.5 Å². The lowest BCUT2D eigenvalue weighted by molar-refractivity contribution is -0.146. The van der Waals surface area contributed by atoms with Crippen LogP contribution in [0.3, 0.4) is 0 Å². The van der Waals surface area contributed by atoms with Gasteiger partial charge < -0.3 is 5.11 Å². The fourth-order valence-electron chi connectivity index (χ4n) is 2.16. The summed E-state index contributed by atoms with van der Waals surface area (Å²) in [5.41, 5.74) is -1.24. The van der Waals surface area contributed by atoms with Gasteiger partial charge in [-0.1, -0.05) is 6.07 Å². The highest BCUT2D eigenvalue weighted by Crippen LogP contribution is 2.34. The van der Waals surface area contributed by atoms with Crippen LogP contribution in [-0.2, 0) is 14.8 Å². The third-order valence-corrected chi connectivity index (χ3v) is 5.37. The Balaban J connectivity index is 2.41. The summed E-state index contributed by atoms with van der Waals surface area (Å²) in [4.78, 5) is 10.1. The first kappa shape index (κ1) is 14.9. The minimum atomic E-state index is -4.38. The zero-order valence-corrected chi connectivity index (χ0v) is 11.5. The van der Waals surface area contributed by atoms with Crippen LogP contribution in [-0.4, -0.2) is 36.9 Å². The number of sulfonamides is 1. The molecule has 5 nitrogen and oxygen atoms in total. The van der Waals surface area contributed by atoms with E-state index in [4.69, 9.17) is 5.11 Å². The van der Waals surface area contributed by atoms with E-state index in [1.54, 1.807) is 0 Å². The number of benzene rings is 1. The Morgan fingerprint density at radius 1 is 1.35 bits per heavy atom. The Hall–Kier alpha value is -1.54. The first-order valence-corrected chi connectivity index (χ1v) is 7.30. The number of carboxylic acid groups (broad SMARTS) is 1. The average molecular weight is 305 g/mol. The standard InChI is InChI=1S/C12H13F2NO4S/c1-12(11(16)17)5-6-15(7-12)20(18,19)10-8(13)3-2-4-9(10)14/h2-4H,5-7H2,1H3,(H,16,17). The van der Waals surface area contributed by atoms with Crippen molar-refractivity contribution >= 4 is 16.0 Å². The van der Waals surface area contributed by atoms with E-state index in [0.29, 0.717) is 0 Å². The highest BCUT2D eigenvalue weighted by Gasteiger charge is 2.46. The van der Waals surface area contributed by atoms with E-state index in [9.17, 15) is 22.0 Å². The number of nitrogens with zero attached hydrogens (tertiary/aromatic N) is 1. The highest BCUT2D eigenvalue weighted by molar-refractivity contribution is 7.89. The van der Waals surface area contributed by atoms with Gasteiger partial charge in [0.15, 0.2) is 4.90 Å². The maximum atomic E-state index is 13.6. The third-order valence-electron chi connectivity index (χ3n) is 3.47. The molecule has 0 radical (unpaired) electrons. The monoisotopic (exact) mass is 305 g/mol. The van der Waals surface area contributed by atoms with Crippen molar-refractivity contribution in [3.05, 3.63) is 29.8 Å². The molecule has 0 aliphatic carbocycles. The molecule has 1 aliphatic heterocycles. The molecule has 1 unspecified atom stereocenters. The van der Waals surface area contributed by atoms with Gasteiger partial charge in [0.25, 0.3) is 0 Å². The van der Waals surface area contributed by atoms with E-state index in [-0.39, 0.29) is 19.5 Å². The number of halogens is 2. The summed E-state index contributed by atoms with van der Waals surface area (Å²) in [6.45, 7) is 1.01. The average Bonchev–Trinajstić information content (AvgIpc) is 2.73. The topological polar surface area (TPSA) is 74.7 Å². The van der Waals surface area contributed by atoms with Crippen molar-refractivity contribution in [2.45, 2.75) is 18.2 Å². The van der Waals surface area contributed by atoms with Crippen LogP contribution in [0.2, 0.25) is 0 Å². The van der Waals surface area contributed by atoms with Crippen LogP contribution < -0.4 is 0 Å². The molecule has 2 rings (SSSR count). The molecule has 1 saturated heterocycles. The summed E-state index contributed by atoms with van der Waals surface area (Å²) in [5, 5.41) is 9.07. The predicted octanol–water partition coefficient (Wildman–Crippen LogP) is 1.45. The van der Waals surface area contributed by atoms with Crippen LogP contribution in [0.1, 0.15) is 13.3 Å². The second-order valence-corrected chi connectivity index (χ2v) is 6.88. The highest BCUT2D eigenvalue weighted by atomic mass is 32.2. The number of hydrogen-bond acceptors (Lipinski definition) is 3. The molecule has 8 heteroatoms. The van der Waals surface area contributed by atoms with Gasteiger partial charge in [0.1, 0.15) is 11.6 Å². The maximum absolute atomic E-state index is 13.6. The Kier molecular flexibility index (Phi) is 3.55. The fourth-order valence-corrected chi connectivity index (χ4v) is 3.83. The molecule has 1 aromatic carbocycles. The fraction of sp³-hybridized carbons (Fsp3) is 0.417. The second-order valence-electron chi connectivity index (χ2n) is 5.01. The van der Waals surface area contributed by atoms with Crippen molar-refractivity contribution in [1.82, 2.24) is 4.31 Å². The number of hydrogen-bond donors (Lipinski definition) is 1. The Bertz CT molecular complexity index is 641. The molecule has 110 valence electrons. The van der Waals surface area contributed by atoms with Gasteiger partial charge in [0, 0.05) is 13.1 Å². The molecule has 1 aromatic rings. The van der Waals surface area contributed by atoms with Gasteiger partial charge in [0.05, 0.1) is 5.41 Å². The molecule has 1 atom stereocenters. The van der Waals surface area contributed by atoms with Crippen LogP contribution in [0.5, 0.6) is 0 Å². The lowest BCUT2D eigenvalue weighted by Crippen LogP contribution is -2.35. The number of rotatable bonds is 3.